The van der Waals surface area contributed by atoms with Crippen LogP contribution in [0.1, 0.15) is 11.3 Å². The number of hydrogen-bond acceptors (Lipinski definition) is 4. The summed E-state index contributed by atoms with van der Waals surface area (Å²) in [7, 11) is 0. The molecule has 0 saturated carbocycles. The number of benzene rings is 1. The number of nitrogens with zero attached hydrogens (tertiary/aromatic N) is 2. The summed E-state index contributed by atoms with van der Waals surface area (Å²) in [6.07, 6.45) is 1.52. The predicted octanol–water partition coefficient (Wildman–Crippen LogP) is 2.41. The fraction of sp³-hybridized carbons (Fsp3) is 0.0769. The van der Waals surface area contributed by atoms with E-state index >= 15 is 0 Å². The predicted molar refractivity (Wildman–Crippen MR) is 72.5 cm³/mol. The van der Waals surface area contributed by atoms with Crippen LogP contribution >= 0.6 is 11.6 Å². The van der Waals surface area contributed by atoms with E-state index in [4.69, 9.17) is 27.3 Å². The van der Waals surface area contributed by atoms with Crippen LogP contribution in [0.15, 0.2) is 47.8 Å². The molecule has 2 rings (SSSR count). The maximum absolute atomic E-state index is 8.51. The Hall–Kier alpha value is -2.27. The molecule has 0 aliphatic heterocycles. The Bertz CT molecular complexity index is 567. The summed E-state index contributed by atoms with van der Waals surface area (Å²) < 4.78 is 5.55. The molecule has 0 unspecified atom stereocenters. The molecule has 19 heavy (non-hydrogen) atoms. The van der Waals surface area contributed by atoms with E-state index in [1.54, 1.807) is 24.3 Å². The number of ether oxygens (including phenoxy) is 1. The van der Waals surface area contributed by atoms with E-state index < -0.39 is 0 Å². The first kappa shape index (κ1) is 13.2. The average Bonchev–Trinajstić information content (AvgIpc) is 2.46. The molecule has 0 aliphatic rings. The molecule has 1 aromatic carbocycles. The Morgan fingerprint density at radius 3 is 2.58 bits per heavy atom. The number of aromatic nitrogens is 1. The van der Waals surface area contributed by atoms with E-state index in [1.165, 1.54) is 6.20 Å². The first-order chi connectivity index (χ1) is 9.19. The smallest absolute Gasteiger partial charge is 0.188 e. The van der Waals surface area contributed by atoms with Crippen LogP contribution in [0.5, 0.6) is 5.75 Å². The van der Waals surface area contributed by atoms with Gasteiger partial charge in [-0.25, -0.2) is 4.98 Å². The van der Waals surface area contributed by atoms with Gasteiger partial charge in [0.25, 0.3) is 0 Å². The highest BCUT2D eigenvalue weighted by molar-refractivity contribution is 6.30. The van der Waals surface area contributed by atoms with Crippen molar-refractivity contribution in [2.45, 2.75) is 6.61 Å². The lowest BCUT2D eigenvalue weighted by Gasteiger charge is -2.06. The largest absolute Gasteiger partial charge is 0.487 e. The maximum Gasteiger partial charge on any atom is 0.188 e. The zero-order valence-corrected chi connectivity index (χ0v) is 10.7. The fourth-order valence-corrected chi connectivity index (χ4v) is 1.54. The summed E-state index contributed by atoms with van der Waals surface area (Å²) in [4.78, 5) is 4.01. The van der Waals surface area contributed by atoms with Crippen molar-refractivity contribution < 1.29 is 9.94 Å². The number of hydrogen-bond donors (Lipinski definition) is 2. The second kappa shape index (κ2) is 6.06. The summed E-state index contributed by atoms with van der Waals surface area (Å²) in [6.45, 7) is 0.418. The van der Waals surface area contributed by atoms with Gasteiger partial charge in [-0.1, -0.05) is 28.9 Å². The third-order valence-electron chi connectivity index (χ3n) is 2.43. The molecule has 0 saturated heterocycles. The Morgan fingerprint density at radius 1 is 1.26 bits per heavy atom. The van der Waals surface area contributed by atoms with Gasteiger partial charge in [0, 0.05) is 5.02 Å². The molecule has 0 amide bonds. The normalized spacial score (nSPS) is 11.3. The zero-order chi connectivity index (χ0) is 13.7. The minimum atomic E-state index is -0.0377. The van der Waals surface area contributed by atoms with E-state index in [9.17, 15) is 0 Å². The van der Waals surface area contributed by atoms with Crippen LogP contribution in [-0.4, -0.2) is 16.0 Å². The van der Waals surface area contributed by atoms with Gasteiger partial charge in [-0.15, -0.1) is 0 Å². The molecule has 0 fully saturated rings. The minimum absolute atomic E-state index is 0.0377. The van der Waals surface area contributed by atoms with Crippen molar-refractivity contribution in [1.82, 2.24) is 4.98 Å². The van der Waals surface area contributed by atoms with Gasteiger partial charge in [0.1, 0.15) is 18.1 Å². The third-order valence-corrected chi connectivity index (χ3v) is 2.68. The highest BCUT2D eigenvalue weighted by Crippen LogP contribution is 2.14. The Labute approximate surface area is 115 Å². The van der Waals surface area contributed by atoms with Crippen LogP contribution in [0.3, 0.4) is 0 Å². The van der Waals surface area contributed by atoms with Gasteiger partial charge >= 0.3 is 0 Å². The van der Waals surface area contributed by atoms with Crippen molar-refractivity contribution in [3.05, 3.63) is 58.9 Å². The first-order valence-electron chi connectivity index (χ1n) is 5.50. The SMILES string of the molecule is N/C(=N/O)c1ccc(OCc2ccc(Cl)cc2)cn1. The molecule has 1 heterocycles. The lowest BCUT2D eigenvalue weighted by molar-refractivity contribution is 0.305. The van der Waals surface area contributed by atoms with Gasteiger partial charge in [-0.05, 0) is 29.8 Å². The van der Waals surface area contributed by atoms with Crippen LogP contribution in [0.25, 0.3) is 0 Å². The first-order valence-corrected chi connectivity index (χ1v) is 5.88. The standard InChI is InChI=1S/C13H12ClN3O2/c14-10-3-1-9(2-4-10)8-19-11-5-6-12(16-7-11)13(15)17-18/h1-7,18H,8H2,(H2,15,17). The van der Waals surface area contributed by atoms with Crippen LogP contribution in [0, 0.1) is 0 Å². The van der Waals surface area contributed by atoms with Gasteiger partial charge in [0.2, 0.25) is 0 Å². The monoisotopic (exact) mass is 277 g/mol. The summed E-state index contributed by atoms with van der Waals surface area (Å²) in [5.41, 5.74) is 6.80. The Kier molecular flexibility index (Phi) is 4.20. The highest BCUT2D eigenvalue weighted by atomic mass is 35.5. The van der Waals surface area contributed by atoms with E-state index in [0.29, 0.717) is 23.1 Å². The minimum Gasteiger partial charge on any atom is -0.487 e. The lowest BCUT2D eigenvalue weighted by atomic mass is 10.2. The molecule has 5 nitrogen and oxygen atoms in total. The van der Waals surface area contributed by atoms with Crippen molar-refractivity contribution in [2.24, 2.45) is 10.9 Å². The molecule has 0 spiro atoms. The summed E-state index contributed by atoms with van der Waals surface area (Å²) in [6, 6.07) is 10.7. The van der Waals surface area contributed by atoms with Crippen molar-refractivity contribution in [3.63, 3.8) is 0 Å². The molecular formula is C13H12ClN3O2. The molecule has 3 N–H and O–H groups in total. The van der Waals surface area contributed by atoms with Gasteiger partial charge < -0.3 is 15.7 Å². The third kappa shape index (κ3) is 3.59. The zero-order valence-electron chi connectivity index (χ0n) is 9.95. The number of rotatable bonds is 4. The number of halogens is 1. The number of amidine groups is 1. The summed E-state index contributed by atoms with van der Waals surface area (Å²) >= 11 is 5.80. The van der Waals surface area contributed by atoms with Crippen LogP contribution in [0.2, 0.25) is 5.02 Å². The number of nitrogens with two attached hydrogens (primary N) is 1. The molecule has 2 aromatic rings. The Morgan fingerprint density at radius 2 is 2.00 bits per heavy atom. The quantitative estimate of drug-likeness (QED) is 0.389. The van der Waals surface area contributed by atoms with Gasteiger partial charge in [-0.2, -0.15) is 0 Å². The van der Waals surface area contributed by atoms with E-state index in [1.807, 2.05) is 12.1 Å². The van der Waals surface area contributed by atoms with Gasteiger partial charge in [-0.3, -0.25) is 0 Å². The van der Waals surface area contributed by atoms with Gasteiger partial charge in [0.15, 0.2) is 5.84 Å². The molecule has 0 atom stereocenters. The van der Waals surface area contributed by atoms with E-state index in [2.05, 4.69) is 10.1 Å². The van der Waals surface area contributed by atoms with Gasteiger partial charge in [0.05, 0.1) is 6.20 Å². The molecule has 6 heteroatoms. The molecule has 0 aliphatic carbocycles. The highest BCUT2D eigenvalue weighted by Gasteiger charge is 2.02. The van der Waals surface area contributed by atoms with Crippen LogP contribution in [0.4, 0.5) is 0 Å². The van der Waals surface area contributed by atoms with Crippen molar-refractivity contribution >= 4 is 17.4 Å². The number of oxime groups is 1. The van der Waals surface area contributed by atoms with E-state index in [-0.39, 0.29) is 5.84 Å². The molecular weight excluding hydrogens is 266 g/mol. The van der Waals surface area contributed by atoms with E-state index in [0.717, 1.165) is 5.56 Å². The fourth-order valence-electron chi connectivity index (χ4n) is 1.42. The average molecular weight is 278 g/mol. The van der Waals surface area contributed by atoms with Crippen molar-refractivity contribution in [3.8, 4) is 5.75 Å². The molecule has 0 bridgehead atoms. The molecule has 1 aromatic heterocycles. The maximum atomic E-state index is 8.51. The van der Waals surface area contributed by atoms with Crippen LogP contribution in [-0.2, 0) is 6.61 Å². The Balaban J connectivity index is 1.98. The van der Waals surface area contributed by atoms with Crippen molar-refractivity contribution in [1.29, 1.82) is 0 Å². The summed E-state index contributed by atoms with van der Waals surface area (Å²) in [5, 5.41) is 12.1. The lowest BCUT2D eigenvalue weighted by Crippen LogP contribution is -2.14. The topological polar surface area (TPSA) is 80.7 Å². The second-order valence-corrected chi connectivity index (χ2v) is 4.22. The molecule has 98 valence electrons. The second-order valence-electron chi connectivity index (χ2n) is 3.78. The van der Waals surface area contributed by atoms with Crippen molar-refractivity contribution in [2.75, 3.05) is 0 Å². The van der Waals surface area contributed by atoms with Crippen LogP contribution < -0.4 is 10.5 Å². The summed E-state index contributed by atoms with van der Waals surface area (Å²) in [5.74, 6) is 0.564. The molecule has 0 radical (unpaired) electrons. The number of pyridine rings is 1.